The van der Waals surface area contributed by atoms with Gasteiger partial charge in [-0.1, -0.05) is 48.6 Å². The third-order valence-electron chi connectivity index (χ3n) is 3.01. The van der Waals surface area contributed by atoms with Crippen LogP contribution in [0.1, 0.15) is 33.3 Å². The van der Waals surface area contributed by atoms with Crippen LogP contribution in [0.25, 0.3) is 5.57 Å². The normalized spacial score (nSPS) is 14.7. The molecule has 0 atom stereocenters. The van der Waals surface area contributed by atoms with E-state index in [1.807, 2.05) is 26.0 Å². The lowest BCUT2D eigenvalue weighted by molar-refractivity contribution is 1.29. The van der Waals surface area contributed by atoms with Gasteiger partial charge in [0, 0.05) is 5.70 Å². The molecule has 0 unspecified atom stereocenters. The second kappa shape index (κ2) is 7.42. The quantitative estimate of drug-likeness (QED) is 0.763. The lowest BCUT2D eigenvalue weighted by Gasteiger charge is -2.09. The summed E-state index contributed by atoms with van der Waals surface area (Å²) in [6, 6.07) is 10.4. The van der Waals surface area contributed by atoms with Gasteiger partial charge in [-0.25, -0.2) is 0 Å². The van der Waals surface area contributed by atoms with Crippen molar-refractivity contribution in [2.75, 3.05) is 0 Å². The maximum atomic E-state index is 5.67. The van der Waals surface area contributed by atoms with Crippen molar-refractivity contribution < 1.29 is 0 Å². The minimum atomic E-state index is 0.819. The van der Waals surface area contributed by atoms with E-state index in [9.17, 15) is 0 Å². The van der Waals surface area contributed by atoms with Crippen LogP contribution in [0.4, 0.5) is 0 Å². The fraction of sp³-hybridized carbons (Fsp3) is 0.222. The molecule has 2 N–H and O–H groups in total. The van der Waals surface area contributed by atoms with E-state index in [1.54, 1.807) is 0 Å². The molecule has 100 valence electrons. The third kappa shape index (κ3) is 4.63. The van der Waals surface area contributed by atoms with Crippen LogP contribution >= 0.6 is 0 Å². The van der Waals surface area contributed by atoms with Crippen molar-refractivity contribution in [1.82, 2.24) is 0 Å². The van der Waals surface area contributed by atoms with Crippen molar-refractivity contribution in [3.05, 3.63) is 77.0 Å². The van der Waals surface area contributed by atoms with Gasteiger partial charge in [0.2, 0.25) is 0 Å². The van der Waals surface area contributed by atoms with E-state index < -0.39 is 0 Å². The summed E-state index contributed by atoms with van der Waals surface area (Å²) in [5.74, 6) is 0. The molecular weight excluding hydrogens is 230 g/mol. The smallest absolute Gasteiger partial charge is 0.00489 e. The Labute approximate surface area is 116 Å². The maximum Gasteiger partial charge on any atom is 0.00489 e. The molecular formula is C18H23N. The van der Waals surface area contributed by atoms with Crippen LogP contribution in [0.2, 0.25) is 0 Å². The Kier molecular flexibility index (Phi) is 5.87. The van der Waals surface area contributed by atoms with Gasteiger partial charge in [-0.15, -0.1) is 0 Å². The summed E-state index contributed by atoms with van der Waals surface area (Å²) in [5.41, 5.74) is 11.5. The van der Waals surface area contributed by atoms with E-state index in [4.69, 9.17) is 5.73 Å². The van der Waals surface area contributed by atoms with Gasteiger partial charge in [0.15, 0.2) is 0 Å². The van der Waals surface area contributed by atoms with Crippen molar-refractivity contribution in [1.29, 1.82) is 0 Å². The first-order chi connectivity index (χ1) is 9.06. The first-order valence-corrected chi connectivity index (χ1v) is 6.56. The van der Waals surface area contributed by atoms with Gasteiger partial charge in [0.05, 0.1) is 0 Å². The van der Waals surface area contributed by atoms with E-state index >= 15 is 0 Å². The lowest BCUT2D eigenvalue weighted by atomic mass is 9.95. The monoisotopic (exact) mass is 253 g/mol. The fourth-order valence-electron chi connectivity index (χ4n) is 1.82. The first-order valence-electron chi connectivity index (χ1n) is 6.56. The van der Waals surface area contributed by atoms with E-state index in [0.29, 0.717) is 0 Å². The molecule has 0 saturated heterocycles. The average Bonchev–Trinajstić information content (AvgIpc) is 2.42. The van der Waals surface area contributed by atoms with E-state index in [2.05, 4.69) is 56.3 Å². The van der Waals surface area contributed by atoms with Gasteiger partial charge in [-0.3, -0.25) is 0 Å². The van der Waals surface area contributed by atoms with Crippen LogP contribution < -0.4 is 5.73 Å². The molecule has 0 aliphatic rings. The second-order valence-electron chi connectivity index (χ2n) is 4.67. The zero-order chi connectivity index (χ0) is 14.3. The van der Waals surface area contributed by atoms with Gasteiger partial charge in [-0.05, 0) is 56.1 Å². The molecule has 0 aliphatic heterocycles. The molecule has 0 fully saturated rings. The highest BCUT2D eigenvalue weighted by atomic mass is 14.5. The van der Waals surface area contributed by atoms with E-state index in [0.717, 1.165) is 5.70 Å². The minimum absolute atomic E-state index is 0.819. The van der Waals surface area contributed by atoms with Crippen LogP contribution in [-0.2, 0) is 0 Å². The summed E-state index contributed by atoms with van der Waals surface area (Å²) in [6.07, 6.45) is 8.23. The van der Waals surface area contributed by atoms with Crippen molar-refractivity contribution >= 4 is 5.57 Å². The summed E-state index contributed by atoms with van der Waals surface area (Å²) < 4.78 is 0. The predicted octanol–water partition coefficient (Wildman–Crippen LogP) is 4.85. The topological polar surface area (TPSA) is 26.0 Å². The Morgan fingerprint density at radius 1 is 1.00 bits per heavy atom. The fourth-order valence-corrected chi connectivity index (χ4v) is 1.82. The summed E-state index contributed by atoms with van der Waals surface area (Å²) in [5, 5.41) is 0. The van der Waals surface area contributed by atoms with Crippen LogP contribution in [0.3, 0.4) is 0 Å². The molecule has 1 heteroatoms. The Bertz CT molecular complexity index is 524. The van der Waals surface area contributed by atoms with Crippen LogP contribution in [-0.4, -0.2) is 0 Å². The third-order valence-corrected chi connectivity index (χ3v) is 3.01. The van der Waals surface area contributed by atoms with Gasteiger partial charge in [0.25, 0.3) is 0 Å². The second-order valence-corrected chi connectivity index (χ2v) is 4.67. The van der Waals surface area contributed by atoms with Gasteiger partial charge >= 0.3 is 0 Å². The highest BCUT2D eigenvalue weighted by Gasteiger charge is 2.03. The molecule has 0 radical (unpaired) electrons. The number of hydrogen-bond acceptors (Lipinski definition) is 1. The number of rotatable bonds is 4. The molecule has 0 aromatic heterocycles. The molecule has 0 amide bonds. The lowest BCUT2D eigenvalue weighted by Crippen LogP contribution is -1.91. The maximum absolute atomic E-state index is 5.67. The average molecular weight is 253 g/mol. The van der Waals surface area contributed by atoms with Crippen LogP contribution in [0, 0.1) is 0 Å². The molecule has 1 aromatic carbocycles. The number of nitrogens with two attached hydrogens (primary N) is 1. The SMILES string of the molecule is C\C=C/C(=C(C)/C(C)=C/C=C(\C)N)c1ccccc1. The first kappa shape index (κ1) is 15.0. The van der Waals surface area contributed by atoms with Crippen LogP contribution in [0.15, 0.2) is 71.5 Å². The van der Waals surface area contributed by atoms with Crippen molar-refractivity contribution in [2.45, 2.75) is 27.7 Å². The van der Waals surface area contributed by atoms with Gasteiger partial charge in [0.1, 0.15) is 0 Å². The zero-order valence-electron chi connectivity index (χ0n) is 12.3. The summed E-state index contributed by atoms with van der Waals surface area (Å²) in [6.45, 7) is 8.20. The van der Waals surface area contributed by atoms with Crippen molar-refractivity contribution in [3.63, 3.8) is 0 Å². The summed E-state index contributed by atoms with van der Waals surface area (Å²) in [7, 11) is 0. The molecule has 1 rings (SSSR count). The highest BCUT2D eigenvalue weighted by molar-refractivity contribution is 5.79. The number of benzene rings is 1. The summed E-state index contributed by atoms with van der Waals surface area (Å²) >= 11 is 0. The van der Waals surface area contributed by atoms with E-state index in [-0.39, 0.29) is 0 Å². The molecule has 0 saturated carbocycles. The van der Waals surface area contributed by atoms with E-state index in [1.165, 1.54) is 22.3 Å². The minimum Gasteiger partial charge on any atom is -0.402 e. The number of allylic oxidation sites excluding steroid dienone is 8. The van der Waals surface area contributed by atoms with Crippen molar-refractivity contribution in [3.8, 4) is 0 Å². The molecule has 1 nitrogen and oxygen atoms in total. The molecule has 0 bridgehead atoms. The highest BCUT2D eigenvalue weighted by Crippen LogP contribution is 2.24. The van der Waals surface area contributed by atoms with Crippen LogP contribution in [0.5, 0.6) is 0 Å². The standard InChI is InChI=1S/C18H23N/c1-5-9-18(17-10-7-6-8-11-17)16(4)14(2)12-13-15(3)19/h5-13H,19H2,1-4H3/b9-5-,14-12+,15-13+,18-16-. The Balaban J connectivity index is 3.27. The van der Waals surface area contributed by atoms with Crippen molar-refractivity contribution in [2.24, 2.45) is 5.73 Å². The predicted molar refractivity (Wildman–Crippen MR) is 85.6 cm³/mol. The number of hydrogen-bond donors (Lipinski definition) is 1. The summed E-state index contributed by atoms with van der Waals surface area (Å²) in [4.78, 5) is 0. The zero-order valence-corrected chi connectivity index (χ0v) is 12.3. The molecule has 1 aromatic rings. The molecule has 0 aliphatic carbocycles. The molecule has 0 heterocycles. The Morgan fingerprint density at radius 3 is 2.16 bits per heavy atom. The Hall–Kier alpha value is -2.02. The Morgan fingerprint density at radius 2 is 1.63 bits per heavy atom. The van der Waals surface area contributed by atoms with Gasteiger partial charge in [-0.2, -0.15) is 0 Å². The van der Waals surface area contributed by atoms with Gasteiger partial charge < -0.3 is 5.73 Å². The molecule has 19 heavy (non-hydrogen) atoms. The largest absolute Gasteiger partial charge is 0.402 e. The molecule has 0 spiro atoms.